The summed E-state index contributed by atoms with van der Waals surface area (Å²) in [6.45, 7) is 1.91. The van der Waals surface area contributed by atoms with Gasteiger partial charge >= 0.3 is 0 Å². The number of hydrogen-bond acceptors (Lipinski definition) is 4. The summed E-state index contributed by atoms with van der Waals surface area (Å²) in [5.41, 5.74) is 11.3. The minimum Gasteiger partial charge on any atom is -0.496 e. The molecule has 1 aromatic rings. The Hall–Kier alpha value is -2.28. The first-order valence-corrected chi connectivity index (χ1v) is 5.15. The largest absolute Gasteiger partial charge is 0.496 e. The van der Waals surface area contributed by atoms with Gasteiger partial charge in [0.1, 0.15) is 5.75 Å². The number of hydroxylamine groups is 1. The van der Waals surface area contributed by atoms with Gasteiger partial charge in [-0.3, -0.25) is 9.63 Å². The number of nitrogens with one attached hydrogen (secondary N) is 2. The van der Waals surface area contributed by atoms with E-state index in [2.05, 4.69) is 20.8 Å². The molecule has 0 atom stereocenters. The molecule has 0 unspecified atom stereocenters. The minimum atomic E-state index is -0.423. The Labute approximate surface area is 105 Å². The molecule has 0 radical (unpaired) electrons. The fourth-order valence-electron chi connectivity index (χ4n) is 1.28. The highest BCUT2D eigenvalue weighted by Crippen LogP contribution is 2.19. The van der Waals surface area contributed by atoms with Crippen LogP contribution in [0, 0.1) is 6.92 Å². The van der Waals surface area contributed by atoms with Crippen molar-refractivity contribution in [1.29, 1.82) is 0 Å². The molecule has 1 amide bonds. The number of aryl methyl sites for hydroxylation is 1. The Bertz CT molecular complexity index is 460. The lowest BCUT2D eigenvalue weighted by molar-refractivity contribution is 0.0949. The molecule has 7 heteroatoms. The molecule has 18 heavy (non-hydrogen) atoms. The van der Waals surface area contributed by atoms with E-state index in [0.717, 1.165) is 5.56 Å². The maximum absolute atomic E-state index is 11.8. The Balaban J connectivity index is 2.81. The standard InChI is InChI=1S/C11H16N4O3/c1-7-4-5-8(9(6-7)17-2)10(16)13-14-11(12)15-18-3/h4-6H,1-3H3,(H,13,16)(H3,12,14,15). The highest BCUT2D eigenvalue weighted by molar-refractivity contribution is 5.97. The predicted octanol–water partition coefficient (Wildman–Crippen LogP) is 0.114. The zero-order valence-electron chi connectivity index (χ0n) is 10.5. The summed E-state index contributed by atoms with van der Waals surface area (Å²) in [6, 6.07) is 5.21. The second-order valence-electron chi connectivity index (χ2n) is 3.45. The SMILES string of the molecule is CON/C(N)=N\NC(=O)c1ccc(C)cc1OC. The molecule has 4 N–H and O–H groups in total. The molecular formula is C11H16N4O3. The average Bonchev–Trinajstić information content (AvgIpc) is 2.36. The van der Waals surface area contributed by atoms with E-state index in [0.29, 0.717) is 11.3 Å². The number of nitrogens with two attached hydrogens (primary N) is 1. The van der Waals surface area contributed by atoms with Crippen LogP contribution in [0.3, 0.4) is 0 Å². The van der Waals surface area contributed by atoms with Crippen LogP contribution in [0.5, 0.6) is 5.75 Å². The number of hydrazone groups is 1. The first kappa shape index (κ1) is 13.8. The molecule has 0 saturated heterocycles. The van der Waals surface area contributed by atoms with Crippen molar-refractivity contribution in [2.24, 2.45) is 10.8 Å². The van der Waals surface area contributed by atoms with Gasteiger partial charge in [0, 0.05) is 0 Å². The molecule has 0 saturated carbocycles. The van der Waals surface area contributed by atoms with E-state index in [-0.39, 0.29) is 5.96 Å². The number of amides is 1. The van der Waals surface area contributed by atoms with Crippen molar-refractivity contribution in [3.05, 3.63) is 29.3 Å². The second-order valence-corrected chi connectivity index (χ2v) is 3.45. The van der Waals surface area contributed by atoms with Crippen LogP contribution in [-0.4, -0.2) is 26.1 Å². The number of ether oxygens (including phenoxy) is 1. The quantitative estimate of drug-likeness (QED) is 0.401. The van der Waals surface area contributed by atoms with Crippen LogP contribution < -0.4 is 21.4 Å². The van der Waals surface area contributed by atoms with Gasteiger partial charge in [-0.25, -0.2) is 10.9 Å². The molecule has 0 aliphatic rings. The van der Waals surface area contributed by atoms with Crippen molar-refractivity contribution >= 4 is 11.9 Å². The lowest BCUT2D eigenvalue weighted by Crippen LogP contribution is -2.34. The van der Waals surface area contributed by atoms with Crippen LogP contribution in [0.15, 0.2) is 23.3 Å². The van der Waals surface area contributed by atoms with E-state index in [1.54, 1.807) is 18.2 Å². The number of methoxy groups -OCH3 is 1. The van der Waals surface area contributed by atoms with E-state index >= 15 is 0 Å². The van der Waals surface area contributed by atoms with Crippen molar-refractivity contribution < 1.29 is 14.4 Å². The summed E-state index contributed by atoms with van der Waals surface area (Å²) >= 11 is 0. The monoisotopic (exact) mass is 252 g/mol. The van der Waals surface area contributed by atoms with Crippen molar-refractivity contribution in [3.8, 4) is 5.75 Å². The van der Waals surface area contributed by atoms with Crippen molar-refractivity contribution in [2.45, 2.75) is 6.92 Å². The summed E-state index contributed by atoms with van der Waals surface area (Å²) < 4.78 is 5.12. The molecule has 1 aromatic carbocycles. The first-order valence-electron chi connectivity index (χ1n) is 5.15. The fraction of sp³-hybridized carbons (Fsp3) is 0.273. The molecule has 98 valence electrons. The van der Waals surface area contributed by atoms with E-state index in [1.807, 2.05) is 6.92 Å². The lowest BCUT2D eigenvalue weighted by atomic mass is 10.1. The van der Waals surface area contributed by atoms with Crippen molar-refractivity contribution in [2.75, 3.05) is 14.2 Å². The fourth-order valence-corrected chi connectivity index (χ4v) is 1.28. The molecule has 1 rings (SSSR count). The summed E-state index contributed by atoms with van der Waals surface area (Å²) in [6.07, 6.45) is 0. The van der Waals surface area contributed by atoms with E-state index in [4.69, 9.17) is 10.5 Å². The highest BCUT2D eigenvalue weighted by atomic mass is 16.6. The molecule has 0 bridgehead atoms. The molecule has 0 aliphatic heterocycles. The number of nitrogens with zero attached hydrogens (tertiary/aromatic N) is 1. The smallest absolute Gasteiger partial charge is 0.275 e. The number of benzene rings is 1. The van der Waals surface area contributed by atoms with Crippen LogP contribution in [0.4, 0.5) is 0 Å². The molecular weight excluding hydrogens is 236 g/mol. The average molecular weight is 252 g/mol. The van der Waals surface area contributed by atoms with Gasteiger partial charge in [-0.05, 0) is 24.6 Å². The van der Waals surface area contributed by atoms with Crippen LogP contribution in [0.1, 0.15) is 15.9 Å². The van der Waals surface area contributed by atoms with Crippen molar-refractivity contribution in [1.82, 2.24) is 10.9 Å². The number of hydrogen-bond donors (Lipinski definition) is 3. The molecule has 0 spiro atoms. The number of guanidine groups is 1. The van der Waals surface area contributed by atoms with Gasteiger partial charge in [0.05, 0.1) is 19.8 Å². The number of rotatable bonds is 4. The number of carbonyl (C=O) groups is 1. The van der Waals surface area contributed by atoms with Gasteiger partial charge in [0.2, 0.25) is 5.96 Å². The van der Waals surface area contributed by atoms with Crippen molar-refractivity contribution in [3.63, 3.8) is 0 Å². The maximum atomic E-state index is 11.8. The van der Waals surface area contributed by atoms with Crippen LogP contribution >= 0.6 is 0 Å². The predicted molar refractivity (Wildman–Crippen MR) is 67.0 cm³/mol. The molecule has 0 heterocycles. The van der Waals surface area contributed by atoms with Gasteiger partial charge in [0.25, 0.3) is 5.91 Å². The number of carbonyl (C=O) groups excluding carboxylic acids is 1. The van der Waals surface area contributed by atoms with E-state index in [9.17, 15) is 4.79 Å². The third kappa shape index (κ3) is 3.63. The first-order chi connectivity index (χ1) is 8.58. The van der Waals surface area contributed by atoms with Gasteiger partial charge in [0.15, 0.2) is 0 Å². The Morgan fingerprint density at radius 3 is 2.72 bits per heavy atom. The summed E-state index contributed by atoms with van der Waals surface area (Å²) in [5.74, 6) is -0.00870. The van der Waals surface area contributed by atoms with E-state index < -0.39 is 5.91 Å². The Morgan fingerprint density at radius 1 is 1.39 bits per heavy atom. The van der Waals surface area contributed by atoms with Crippen LogP contribution in [-0.2, 0) is 4.84 Å². The minimum absolute atomic E-state index is 0.0584. The van der Waals surface area contributed by atoms with Gasteiger partial charge in [-0.2, -0.15) is 0 Å². The molecule has 0 aliphatic carbocycles. The zero-order valence-corrected chi connectivity index (χ0v) is 10.5. The second kappa shape index (κ2) is 6.45. The van der Waals surface area contributed by atoms with Gasteiger partial charge in [-0.1, -0.05) is 6.07 Å². The molecule has 7 nitrogen and oxygen atoms in total. The summed E-state index contributed by atoms with van der Waals surface area (Å²) in [4.78, 5) is 16.3. The van der Waals surface area contributed by atoms with E-state index in [1.165, 1.54) is 14.2 Å². The third-order valence-corrected chi connectivity index (χ3v) is 2.09. The molecule has 0 aromatic heterocycles. The van der Waals surface area contributed by atoms with Crippen LogP contribution in [0.2, 0.25) is 0 Å². The summed E-state index contributed by atoms with van der Waals surface area (Å²) in [5, 5.41) is 3.59. The van der Waals surface area contributed by atoms with Crippen LogP contribution in [0.25, 0.3) is 0 Å². The normalized spacial score (nSPS) is 10.9. The van der Waals surface area contributed by atoms with Gasteiger partial charge < -0.3 is 10.5 Å². The van der Waals surface area contributed by atoms with Gasteiger partial charge in [-0.15, -0.1) is 5.10 Å². The Morgan fingerprint density at radius 2 is 2.11 bits per heavy atom. The Kier molecular flexibility index (Phi) is 4.94. The molecule has 0 fully saturated rings. The topological polar surface area (TPSA) is 98.0 Å². The highest BCUT2D eigenvalue weighted by Gasteiger charge is 2.11. The summed E-state index contributed by atoms with van der Waals surface area (Å²) in [7, 11) is 2.88. The zero-order chi connectivity index (χ0) is 13.5. The third-order valence-electron chi connectivity index (χ3n) is 2.09. The maximum Gasteiger partial charge on any atom is 0.275 e. The lowest BCUT2D eigenvalue weighted by Gasteiger charge is -2.08.